The smallest absolute Gasteiger partial charge is 0.252 e. The molecule has 0 radical (unpaired) electrons. The summed E-state index contributed by atoms with van der Waals surface area (Å²) in [6.45, 7) is 47.6. The number of rotatable bonds is 3. The summed E-state index contributed by atoms with van der Waals surface area (Å²) in [5.41, 5.74) is 30.9. The summed E-state index contributed by atoms with van der Waals surface area (Å²) in [5.74, 6) is 0. The molecule has 2 nitrogen and oxygen atoms in total. The fraction of sp³-hybridized carbons (Fsp3) is 0.417. The number of benzene rings is 7. The molecule has 0 bridgehead atoms. The van der Waals surface area contributed by atoms with Crippen LogP contribution in [0.15, 0.2) is 115 Å². The lowest BCUT2D eigenvalue weighted by Gasteiger charge is -2.46. The predicted molar refractivity (Wildman–Crippen MR) is 328 cm³/mol. The summed E-state index contributed by atoms with van der Waals surface area (Å²) < 4.78 is 0. The zero-order valence-corrected chi connectivity index (χ0v) is 49.6. The average Bonchev–Trinajstić information content (AvgIpc) is 3.99. The van der Waals surface area contributed by atoms with E-state index in [9.17, 15) is 0 Å². The summed E-state index contributed by atoms with van der Waals surface area (Å²) in [6.07, 6.45) is 3.58. The van der Waals surface area contributed by atoms with E-state index in [1.54, 1.807) is 16.7 Å². The van der Waals surface area contributed by atoms with Gasteiger partial charge in [-0.1, -0.05) is 211 Å². The van der Waals surface area contributed by atoms with E-state index in [1.807, 2.05) is 0 Å². The average molecular weight is 989 g/mol. The van der Waals surface area contributed by atoms with Crippen LogP contribution in [0.4, 0.5) is 34.1 Å². The molecule has 0 unspecified atom stereocenters. The molecule has 3 heteroatoms. The molecule has 0 saturated heterocycles. The summed E-state index contributed by atoms with van der Waals surface area (Å²) >= 11 is 0. The molecule has 0 aromatic heterocycles. The van der Waals surface area contributed by atoms with Crippen molar-refractivity contribution in [3.05, 3.63) is 171 Å². The maximum atomic E-state index is 2.73. The van der Waals surface area contributed by atoms with Gasteiger partial charge in [0.05, 0.1) is 5.69 Å². The third-order valence-corrected chi connectivity index (χ3v) is 17.9. The molecule has 2 aliphatic carbocycles. The molecule has 7 aromatic carbocycles. The Bertz CT molecular complexity index is 3450. The van der Waals surface area contributed by atoms with Crippen LogP contribution in [0.25, 0.3) is 22.3 Å². The molecule has 2 aliphatic heterocycles. The van der Waals surface area contributed by atoms with E-state index in [0.29, 0.717) is 0 Å². The Morgan fingerprint density at radius 2 is 0.933 bits per heavy atom. The van der Waals surface area contributed by atoms with Crippen molar-refractivity contribution >= 4 is 57.2 Å². The number of hydrogen-bond acceptors (Lipinski definition) is 2. The largest absolute Gasteiger partial charge is 0.311 e. The maximum Gasteiger partial charge on any atom is 0.252 e. The van der Waals surface area contributed by atoms with Crippen molar-refractivity contribution in [2.24, 2.45) is 0 Å². The first-order valence-electron chi connectivity index (χ1n) is 28.4. The molecule has 4 aliphatic rings. The van der Waals surface area contributed by atoms with Gasteiger partial charge in [-0.05, 0) is 177 Å². The van der Waals surface area contributed by atoms with Gasteiger partial charge in [0.25, 0.3) is 6.71 Å². The van der Waals surface area contributed by atoms with E-state index >= 15 is 0 Å². The van der Waals surface area contributed by atoms with E-state index < -0.39 is 0 Å². The van der Waals surface area contributed by atoms with Crippen molar-refractivity contribution in [1.82, 2.24) is 0 Å². The SMILES string of the molecule is CC(C)(C)c1ccc(N2c3cc(C(C)(C)C)cc4c3B(c3cc(C(C)(C)C)ccc3N4c3ccc(C(C)(C)C)cc3-c3cc(C(C)(C)C)cc(C(C)(C)C)c3)c3ccc4c(c32)-c2ccc3c(c2C4(C)C)CCC3)cc1. The summed E-state index contributed by atoms with van der Waals surface area (Å²) in [7, 11) is 0. The van der Waals surface area contributed by atoms with Crippen molar-refractivity contribution < 1.29 is 0 Å². The van der Waals surface area contributed by atoms with Gasteiger partial charge in [-0.3, -0.25) is 0 Å². The highest BCUT2D eigenvalue weighted by Gasteiger charge is 2.49. The molecule has 11 rings (SSSR count). The van der Waals surface area contributed by atoms with Crippen LogP contribution in [-0.4, -0.2) is 6.71 Å². The van der Waals surface area contributed by atoms with Crippen LogP contribution in [0.5, 0.6) is 0 Å². The normalized spacial score (nSPS) is 15.9. The summed E-state index contributed by atoms with van der Waals surface area (Å²) in [6, 6.07) is 47.4. The molecule has 0 spiro atoms. The van der Waals surface area contributed by atoms with Gasteiger partial charge in [-0.25, -0.2) is 0 Å². The molecule has 2 heterocycles. The van der Waals surface area contributed by atoms with Crippen LogP contribution in [0.3, 0.4) is 0 Å². The lowest BCUT2D eigenvalue weighted by molar-refractivity contribution is 0.569. The van der Waals surface area contributed by atoms with Crippen LogP contribution in [0, 0.1) is 0 Å². The molecular formula is C72H85BN2. The van der Waals surface area contributed by atoms with Crippen molar-refractivity contribution in [3.63, 3.8) is 0 Å². The van der Waals surface area contributed by atoms with E-state index in [4.69, 9.17) is 0 Å². The summed E-state index contributed by atoms with van der Waals surface area (Å²) in [4.78, 5) is 5.43. The second-order valence-electron chi connectivity index (χ2n) is 29.9. The van der Waals surface area contributed by atoms with Gasteiger partial charge in [0.1, 0.15) is 0 Å². The van der Waals surface area contributed by atoms with E-state index in [-0.39, 0.29) is 44.6 Å². The number of nitrogens with zero attached hydrogens (tertiary/aromatic N) is 2. The highest BCUT2D eigenvalue weighted by Crippen LogP contribution is 2.58. The third kappa shape index (κ3) is 8.26. The van der Waals surface area contributed by atoms with Crippen LogP contribution < -0.4 is 26.2 Å². The standard InChI is InChI=1S/C72H85BN2/c1-66(2,3)45-25-29-51(30-26-45)74-60-41-50(71(16,17)18)42-61-64(60)73(56-33-32-55-62(65(56)74)53-31-24-43-22-21-23-52(43)63(53)72(55,19)20)57-40-47(68(7,8)9)28-35-59(57)75(61)58-34-27-46(67(4,5)6)39-54(58)44-36-48(69(10,11)12)38-49(37-44)70(13,14)15/h24-42H,21-23H2,1-20H3. The Labute approximate surface area is 453 Å². The molecule has 7 aromatic rings. The van der Waals surface area contributed by atoms with Crippen molar-refractivity contribution in [1.29, 1.82) is 0 Å². The Morgan fingerprint density at radius 3 is 1.51 bits per heavy atom. The predicted octanol–water partition coefficient (Wildman–Crippen LogP) is 18.0. The van der Waals surface area contributed by atoms with Gasteiger partial charge in [0.15, 0.2) is 0 Å². The number of aryl methyl sites for hydroxylation is 1. The first kappa shape index (κ1) is 51.3. The molecule has 75 heavy (non-hydrogen) atoms. The minimum atomic E-state index is -0.152. The van der Waals surface area contributed by atoms with E-state index in [0.717, 1.165) is 6.42 Å². The number of hydrogen-bond donors (Lipinski definition) is 0. The van der Waals surface area contributed by atoms with Crippen molar-refractivity contribution in [3.8, 4) is 22.3 Å². The fourth-order valence-corrected chi connectivity index (χ4v) is 13.2. The highest BCUT2D eigenvalue weighted by molar-refractivity contribution is 7.00. The molecule has 0 N–H and O–H groups in total. The molecule has 0 fully saturated rings. The second-order valence-corrected chi connectivity index (χ2v) is 29.9. The van der Waals surface area contributed by atoms with Gasteiger partial charge >= 0.3 is 0 Å². The zero-order chi connectivity index (χ0) is 54.1. The molecule has 0 saturated carbocycles. The topological polar surface area (TPSA) is 6.48 Å². The monoisotopic (exact) mass is 989 g/mol. The lowest BCUT2D eigenvalue weighted by Crippen LogP contribution is -2.62. The summed E-state index contributed by atoms with van der Waals surface area (Å²) in [5, 5.41) is 0. The Hall–Kier alpha value is -5.80. The first-order valence-corrected chi connectivity index (χ1v) is 28.4. The molecule has 386 valence electrons. The second kappa shape index (κ2) is 16.6. The fourth-order valence-electron chi connectivity index (χ4n) is 13.2. The van der Waals surface area contributed by atoms with Gasteiger partial charge in [-0.2, -0.15) is 0 Å². The number of anilines is 6. The van der Waals surface area contributed by atoms with Gasteiger partial charge in [0, 0.05) is 45.0 Å². The quantitative estimate of drug-likeness (QED) is 0.163. The van der Waals surface area contributed by atoms with Crippen LogP contribution in [-0.2, 0) is 50.7 Å². The maximum absolute atomic E-state index is 2.73. The van der Waals surface area contributed by atoms with Gasteiger partial charge in [-0.15, -0.1) is 0 Å². The Morgan fingerprint density at radius 1 is 0.413 bits per heavy atom. The van der Waals surface area contributed by atoms with Crippen LogP contribution in [0.1, 0.15) is 201 Å². The Kier molecular flexibility index (Phi) is 11.4. The van der Waals surface area contributed by atoms with E-state index in [2.05, 4.69) is 264 Å². The Balaban J connectivity index is 1.30. The molecule has 0 amide bonds. The molecular weight excluding hydrogens is 904 g/mol. The first-order chi connectivity index (χ1) is 34.7. The van der Waals surface area contributed by atoms with E-state index in [1.165, 1.54) is 125 Å². The van der Waals surface area contributed by atoms with Crippen LogP contribution >= 0.6 is 0 Å². The van der Waals surface area contributed by atoms with Crippen LogP contribution in [0.2, 0.25) is 0 Å². The highest BCUT2D eigenvalue weighted by atomic mass is 15.2. The zero-order valence-electron chi connectivity index (χ0n) is 49.6. The minimum absolute atomic E-state index is 0.0152. The lowest BCUT2D eigenvalue weighted by atomic mass is 9.33. The number of fused-ring (bicyclic) bond motifs is 10. The van der Waals surface area contributed by atoms with Gasteiger partial charge < -0.3 is 9.80 Å². The minimum Gasteiger partial charge on any atom is -0.311 e. The molecule has 0 atom stereocenters. The van der Waals surface area contributed by atoms with Gasteiger partial charge in [0.2, 0.25) is 0 Å². The van der Waals surface area contributed by atoms with Crippen molar-refractivity contribution in [2.45, 2.75) is 196 Å². The third-order valence-electron chi connectivity index (χ3n) is 17.9. The van der Waals surface area contributed by atoms with Crippen molar-refractivity contribution in [2.75, 3.05) is 9.80 Å².